The van der Waals surface area contributed by atoms with Crippen LogP contribution in [-0.2, 0) is 24.5 Å². The molecule has 3 aromatic carbocycles. The van der Waals surface area contributed by atoms with Crippen LogP contribution in [0.3, 0.4) is 0 Å². The zero-order valence-electron chi connectivity index (χ0n) is 24.7. The summed E-state index contributed by atoms with van der Waals surface area (Å²) in [5, 5.41) is 24.8. The molecule has 1 fully saturated rings. The number of methoxy groups -OCH3 is 1. The molecule has 0 unspecified atom stereocenters. The second kappa shape index (κ2) is 13.0. The number of carbonyl (C=O) groups excluding carboxylic acids is 1. The molecular formula is C33H33N5O7. The predicted octanol–water partition coefficient (Wildman–Crippen LogP) is 3.40. The van der Waals surface area contributed by atoms with Crippen LogP contribution >= 0.6 is 0 Å². The average molecular weight is 612 g/mol. The summed E-state index contributed by atoms with van der Waals surface area (Å²) in [6.45, 7) is 0.432. The number of aromatic nitrogens is 4. The molecule has 12 nitrogen and oxygen atoms in total. The molecule has 0 radical (unpaired) electrons. The number of esters is 1. The van der Waals surface area contributed by atoms with E-state index < -0.39 is 49.4 Å². The lowest BCUT2D eigenvalue weighted by atomic mass is 9.77. The summed E-state index contributed by atoms with van der Waals surface area (Å²) >= 11 is 0. The molecule has 5 aromatic rings. The van der Waals surface area contributed by atoms with Gasteiger partial charge in [0.1, 0.15) is 35.9 Å². The van der Waals surface area contributed by atoms with E-state index >= 15 is 0 Å². The Balaban J connectivity index is 1.43. The highest BCUT2D eigenvalue weighted by Gasteiger charge is 2.46. The van der Waals surface area contributed by atoms with Crippen molar-refractivity contribution in [1.29, 1.82) is 0 Å². The summed E-state index contributed by atoms with van der Waals surface area (Å²) in [6, 6.07) is 27.9. The highest BCUT2D eigenvalue weighted by Crippen LogP contribution is 2.41. The SMILES string of the molecule is COc1ccc(C(Nc2ncnc3c2ncn3[C@@H]2O[C@H](CO)[C@@H](OCOC(C)=O)[C@H]2O)(c2ccccc2)c2ccccc2)cc1. The summed E-state index contributed by atoms with van der Waals surface area (Å²) in [6.07, 6.45) is -1.15. The van der Waals surface area contributed by atoms with E-state index in [1.54, 1.807) is 11.7 Å². The summed E-state index contributed by atoms with van der Waals surface area (Å²) in [5.74, 6) is 0.633. The molecule has 0 saturated carbocycles. The fourth-order valence-corrected chi connectivity index (χ4v) is 5.74. The van der Waals surface area contributed by atoms with Gasteiger partial charge in [0.2, 0.25) is 0 Å². The summed E-state index contributed by atoms with van der Waals surface area (Å²) in [4.78, 5) is 24.9. The van der Waals surface area contributed by atoms with E-state index in [0.717, 1.165) is 22.4 Å². The van der Waals surface area contributed by atoms with Gasteiger partial charge in [-0.2, -0.15) is 0 Å². The monoisotopic (exact) mass is 611 g/mol. The van der Waals surface area contributed by atoms with Crippen molar-refractivity contribution in [2.45, 2.75) is 37.0 Å². The van der Waals surface area contributed by atoms with Crippen molar-refractivity contribution >= 4 is 23.0 Å². The topological polar surface area (TPSA) is 150 Å². The Morgan fingerprint density at radius 2 is 1.60 bits per heavy atom. The number of benzene rings is 3. The lowest BCUT2D eigenvalue weighted by molar-refractivity contribution is -0.166. The summed E-state index contributed by atoms with van der Waals surface area (Å²) in [5.41, 5.74) is 2.75. The number of nitrogens with zero attached hydrogens (tertiary/aromatic N) is 4. The molecule has 232 valence electrons. The highest BCUT2D eigenvalue weighted by molar-refractivity contribution is 5.84. The number of ether oxygens (including phenoxy) is 4. The first-order valence-electron chi connectivity index (χ1n) is 14.4. The van der Waals surface area contributed by atoms with E-state index in [4.69, 9.17) is 18.9 Å². The molecule has 1 aliphatic rings. The third-order valence-electron chi connectivity index (χ3n) is 7.89. The fourth-order valence-electron chi connectivity index (χ4n) is 5.74. The maximum absolute atomic E-state index is 11.2. The first-order valence-corrected chi connectivity index (χ1v) is 14.4. The first-order chi connectivity index (χ1) is 22.0. The zero-order valence-corrected chi connectivity index (χ0v) is 24.7. The standard InChI is InChI=1S/C33H33N5O7/c1-21(40)43-20-44-29-26(17-39)45-32(28(29)41)38-19-36-27-30(34-18-35-31(27)38)37-33(22-9-5-3-6-10-22,23-11-7-4-8-12-23)24-13-15-25(42-2)16-14-24/h3-16,18-19,26,28-29,32,39,41H,17,20H2,1-2H3,(H,34,35,37)/t26-,28-,29-,32-/m1/s1. The quantitative estimate of drug-likeness (QED) is 0.115. The molecule has 1 aliphatic heterocycles. The fraction of sp³-hybridized carbons (Fsp3) is 0.273. The molecule has 0 amide bonds. The first kappa shape index (κ1) is 30.2. The van der Waals surface area contributed by atoms with Gasteiger partial charge in [-0.15, -0.1) is 0 Å². The van der Waals surface area contributed by atoms with Gasteiger partial charge < -0.3 is 34.5 Å². The van der Waals surface area contributed by atoms with E-state index in [-0.39, 0.29) is 0 Å². The zero-order chi connectivity index (χ0) is 31.4. The minimum atomic E-state index is -1.23. The van der Waals surface area contributed by atoms with Crippen LogP contribution in [0.1, 0.15) is 29.8 Å². The molecular weight excluding hydrogens is 578 g/mol. The Kier molecular flexibility index (Phi) is 8.71. The maximum Gasteiger partial charge on any atom is 0.304 e. The van der Waals surface area contributed by atoms with Gasteiger partial charge >= 0.3 is 5.97 Å². The van der Waals surface area contributed by atoms with Crippen molar-refractivity contribution in [2.24, 2.45) is 0 Å². The van der Waals surface area contributed by atoms with Gasteiger partial charge in [0, 0.05) is 6.92 Å². The van der Waals surface area contributed by atoms with Gasteiger partial charge in [-0.1, -0.05) is 72.8 Å². The van der Waals surface area contributed by atoms with Crippen LogP contribution < -0.4 is 10.1 Å². The van der Waals surface area contributed by atoms with Crippen LogP contribution in [0.5, 0.6) is 5.75 Å². The van der Waals surface area contributed by atoms with Gasteiger partial charge in [0.05, 0.1) is 20.0 Å². The molecule has 45 heavy (non-hydrogen) atoms. The normalized spacial score (nSPS) is 19.8. The predicted molar refractivity (Wildman–Crippen MR) is 163 cm³/mol. The Morgan fingerprint density at radius 3 is 2.20 bits per heavy atom. The summed E-state index contributed by atoms with van der Waals surface area (Å²) in [7, 11) is 1.63. The van der Waals surface area contributed by atoms with E-state index in [9.17, 15) is 15.0 Å². The molecule has 0 aliphatic carbocycles. The Hall–Kier alpha value is -4.88. The number of hydrogen-bond donors (Lipinski definition) is 3. The van der Waals surface area contributed by atoms with Gasteiger partial charge in [0.15, 0.2) is 30.0 Å². The average Bonchev–Trinajstić information content (AvgIpc) is 3.65. The van der Waals surface area contributed by atoms with Gasteiger partial charge in [0.25, 0.3) is 0 Å². The minimum absolute atomic E-state index is 0.388. The third kappa shape index (κ3) is 5.71. The Morgan fingerprint density at radius 1 is 0.956 bits per heavy atom. The number of nitrogens with one attached hydrogen (secondary N) is 1. The van der Waals surface area contributed by atoms with Gasteiger partial charge in [-0.25, -0.2) is 15.0 Å². The lowest BCUT2D eigenvalue weighted by Gasteiger charge is -2.37. The largest absolute Gasteiger partial charge is 0.497 e. The smallest absolute Gasteiger partial charge is 0.304 e. The van der Waals surface area contributed by atoms with Crippen LogP contribution in [0.4, 0.5) is 5.82 Å². The molecule has 12 heteroatoms. The molecule has 6 rings (SSSR count). The molecule has 2 aromatic heterocycles. The van der Waals surface area contributed by atoms with Crippen LogP contribution in [0.25, 0.3) is 11.2 Å². The lowest BCUT2D eigenvalue weighted by Crippen LogP contribution is -2.38. The number of aliphatic hydroxyl groups excluding tert-OH is 2. The Bertz CT molecular complexity index is 1690. The number of anilines is 1. The second-order valence-electron chi connectivity index (χ2n) is 10.5. The van der Waals surface area contributed by atoms with Gasteiger partial charge in [-0.05, 0) is 28.8 Å². The Labute approximate surface area is 259 Å². The van der Waals surface area contributed by atoms with Crippen molar-refractivity contribution in [2.75, 3.05) is 25.8 Å². The van der Waals surface area contributed by atoms with Crippen molar-refractivity contribution in [3.8, 4) is 5.75 Å². The number of rotatable bonds is 11. The number of aliphatic hydroxyl groups is 2. The van der Waals surface area contributed by atoms with E-state index in [1.807, 2.05) is 60.7 Å². The van der Waals surface area contributed by atoms with E-state index in [1.165, 1.54) is 19.6 Å². The maximum atomic E-state index is 11.2. The third-order valence-corrected chi connectivity index (χ3v) is 7.89. The molecule has 3 N–H and O–H groups in total. The van der Waals surface area contributed by atoms with Crippen LogP contribution in [-0.4, -0.2) is 74.5 Å². The molecule has 1 saturated heterocycles. The van der Waals surface area contributed by atoms with Crippen LogP contribution in [0, 0.1) is 0 Å². The van der Waals surface area contributed by atoms with Gasteiger partial charge in [-0.3, -0.25) is 9.36 Å². The summed E-state index contributed by atoms with van der Waals surface area (Å²) < 4.78 is 23.4. The molecule has 0 bridgehead atoms. The van der Waals surface area contributed by atoms with Crippen molar-refractivity contribution in [3.63, 3.8) is 0 Å². The van der Waals surface area contributed by atoms with Crippen LogP contribution in [0.2, 0.25) is 0 Å². The van der Waals surface area contributed by atoms with E-state index in [0.29, 0.717) is 17.0 Å². The highest BCUT2D eigenvalue weighted by atomic mass is 16.7. The molecule has 4 atom stereocenters. The van der Waals surface area contributed by atoms with Crippen molar-refractivity contribution in [1.82, 2.24) is 19.5 Å². The number of fused-ring (bicyclic) bond motifs is 1. The number of carbonyl (C=O) groups is 1. The van der Waals surface area contributed by atoms with Crippen molar-refractivity contribution in [3.05, 3.63) is 114 Å². The second-order valence-corrected chi connectivity index (χ2v) is 10.5. The van der Waals surface area contributed by atoms with E-state index in [2.05, 4.69) is 44.5 Å². The molecule has 3 heterocycles. The minimum Gasteiger partial charge on any atom is -0.497 e. The molecule has 0 spiro atoms. The number of hydrogen-bond acceptors (Lipinski definition) is 11. The number of imidazole rings is 1. The van der Waals surface area contributed by atoms with Crippen LogP contribution in [0.15, 0.2) is 97.6 Å². The van der Waals surface area contributed by atoms with Crippen molar-refractivity contribution < 1.29 is 34.0 Å².